The van der Waals surface area contributed by atoms with E-state index in [4.69, 9.17) is 25.5 Å². The van der Waals surface area contributed by atoms with Gasteiger partial charge in [-0.25, -0.2) is 4.79 Å². The molecule has 0 heterocycles. The molecule has 8 N–H and O–H groups in total. The molecule has 0 aliphatic heterocycles. The van der Waals surface area contributed by atoms with Gasteiger partial charge in [0.1, 0.15) is 0 Å². The normalized spacial score (nSPS) is 9.92. The molecular formula is C15H23NO8. The molecule has 0 aliphatic rings. The zero-order valence-electron chi connectivity index (χ0n) is 13.1. The quantitative estimate of drug-likeness (QED) is 0.390. The van der Waals surface area contributed by atoms with Crippen molar-refractivity contribution >= 4 is 17.9 Å². The lowest BCUT2D eigenvalue weighted by Gasteiger charge is -2.18. The molecule has 136 valence electrons. The Morgan fingerprint density at radius 3 is 1.71 bits per heavy atom. The second-order valence-corrected chi connectivity index (χ2v) is 4.79. The molecule has 1 aromatic carbocycles. The maximum Gasteiger partial charge on any atom is 0.336 e. The van der Waals surface area contributed by atoms with Crippen LogP contribution in [-0.2, 0) is 20.8 Å². The minimum absolute atomic E-state index is 0. The third kappa shape index (κ3) is 10.3. The number of aryl methyl sites for hydroxylation is 1. The van der Waals surface area contributed by atoms with Gasteiger partial charge in [-0.2, -0.15) is 0 Å². The van der Waals surface area contributed by atoms with E-state index in [1.54, 1.807) is 0 Å². The van der Waals surface area contributed by atoms with Crippen molar-refractivity contribution in [3.8, 4) is 0 Å². The van der Waals surface area contributed by atoms with Crippen molar-refractivity contribution in [3.63, 3.8) is 0 Å². The van der Waals surface area contributed by atoms with Crippen molar-refractivity contribution in [3.05, 3.63) is 35.9 Å². The predicted molar refractivity (Wildman–Crippen MR) is 84.0 cm³/mol. The summed E-state index contributed by atoms with van der Waals surface area (Å²) in [5.74, 6) is -5.02. The summed E-state index contributed by atoms with van der Waals surface area (Å²) >= 11 is 0. The first kappa shape index (κ1) is 23.8. The van der Waals surface area contributed by atoms with E-state index in [9.17, 15) is 14.4 Å². The van der Waals surface area contributed by atoms with Gasteiger partial charge in [0.2, 0.25) is 0 Å². The van der Waals surface area contributed by atoms with E-state index in [2.05, 4.69) is 12.1 Å². The maximum atomic E-state index is 10.3. The van der Waals surface area contributed by atoms with Gasteiger partial charge in [0, 0.05) is 6.61 Å². The summed E-state index contributed by atoms with van der Waals surface area (Å²) in [6.45, 7) is 0.287. The first-order valence-corrected chi connectivity index (χ1v) is 6.75. The molecule has 0 fully saturated rings. The molecule has 0 atom stereocenters. The zero-order chi connectivity index (χ0) is 17.9. The van der Waals surface area contributed by atoms with Crippen molar-refractivity contribution < 1.29 is 39.9 Å². The lowest BCUT2D eigenvalue weighted by atomic mass is 9.96. The smallest absolute Gasteiger partial charge is 0.336 e. The Morgan fingerprint density at radius 2 is 1.38 bits per heavy atom. The van der Waals surface area contributed by atoms with Gasteiger partial charge in [0.25, 0.3) is 0 Å². The van der Waals surface area contributed by atoms with Crippen LogP contribution in [0.2, 0.25) is 0 Å². The number of carboxylic acids is 3. The fraction of sp³-hybridized carbons (Fsp3) is 0.400. The van der Waals surface area contributed by atoms with Crippen LogP contribution in [0.3, 0.4) is 0 Å². The largest absolute Gasteiger partial charge is 0.481 e. The monoisotopic (exact) mass is 345 g/mol. The van der Waals surface area contributed by atoms with Crippen LogP contribution >= 0.6 is 0 Å². The van der Waals surface area contributed by atoms with Crippen LogP contribution in [0.5, 0.6) is 0 Å². The van der Waals surface area contributed by atoms with E-state index in [1.807, 2.05) is 18.2 Å². The Balaban J connectivity index is 0. The molecule has 0 bridgehead atoms. The molecular weight excluding hydrogens is 322 g/mol. The first-order chi connectivity index (χ1) is 10.7. The number of hydrogen-bond acceptors (Lipinski definition) is 6. The molecule has 0 radical (unpaired) electrons. The molecule has 0 amide bonds. The van der Waals surface area contributed by atoms with Crippen molar-refractivity contribution in [2.24, 2.45) is 0 Å². The molecule has 0 aromatic heterocycles. The second kappa shape index (κ2) is 12.0. The Morgan fingerprint density at radius 1 is 0.917 bits per heavy atom. The lowest BCUT2D eigenvalue weighted by Crippen LogP contribution is -2.42. The van der Waals surface area contributed by atoms with Gasteiger partial charge in [0.05, 0.1) is 12.8 Å². The number of rotatable bonds is 8. The lowest BCUT2D eigenvalue weighted by molar-refractivity contribution is -0.170. The molecule has 0 spiro atoms. The summed E-state index contributed by atoms with van der Waals surface area (Å²) in [5.41, 5.74) is -1.44. The molecule has 1 rings (SSSR count). The Bertz CT molecular complexity index is 501. The second-order valence-electron chi connectivity index (χ2n) is 4.79. The molecule has 1 aromatic rings. The minimum atomic E-state index is -2.74. The predicted octanol–water partition coefficient (Wildman–Crippen LogP) is 0.525. The highest BCUT2D eigenvalue weighted by Gasteiger charge is 2.40. The highest BCUT2D eigenvalue weighted by molar-refractivity contribution is 5.88. The van der Waals surface area contributed by atoms with Crippen LogP contribution in [0, 0.1) is 0 Å². The van der Waals surface area contributed by atoms with Crippen molar-refractivity contribution in [1.82, 2.24) is 6.15 Å². The van der Waals surface area contributed by atoms with Gasteiger partial charge in [0.15, 0.2) is 5.60 Å². The highest BCUT2D eigenvalue weighted by atomic mass is 16.4. The fourth-order valence-corrected chi connectivity index (χ4v) is 1.64. The SMILES string of the molecule is N.O=C(O)CC(O)(CC(=O)O)C(=O)O.OCCCc1ccccc1. The van der Waals surface area contributed by atoms with Crippen LogP contribution in [0.25, 0.3) is 0 Å². The molecule has 0 saturated heterocycles. The first-order valence-electron chi connectivity index (χ1n) is 6.75. The summed E-state index contributed by atoms with van der Waals surface area (Å²) in [5, 5.41) is 42.3. The van der Waals surface area contributed by atoms with E-state index < -0.39 is 36.4 Å². The number of carboxylic acid groups (broad SMARTS) is 3. The zero-order valence-corrected chi connectivity index (χ0v) is 13.1. The standard InChI is InChI=1S/C9H12O.C6H8O7.H3N/c10-8-4-7-9-5-2-1-3-6-9;7-3(8)1-6(13,5(11)12)2-4(9)10;/h1-3,5-6,10H,4,7-8H2;13H,1-2H2,(H,7,8)(H,9,10)(H,11,12);1H3. The van der Waals surface area contributed by atoms with Crippen LogP contribution < -0.4 is 6.15 Å². The number of benzene rings is 1. The number of aliphatic carboxylic acids is 3. The Hall–Kier alpha value is -2.49. The van der Waals surface area contributed by atoms with Gasteiger partial charge < -0.3 is 31.7 Å². The summed E-state index contributed by atoms with van der Waals surface area (Å²) in [4.78, 5) is 30.5. The van der Waals surface area contributed by atoms with E-state index in [1.165, 1.54) is 5.56 Å². The number of hydrogen-bond donors (Lipinski definition) is 6. The average molecular weight is 345 g/mol. The molecule has 24 heavy (non-hydrogen) atoms. The summed E-state index contributed by atoms with van der Waals surface area (Å²) < 4.78 is 0. The minimum Gasteiger partial charge on any atom is -0.481 e. The Kier molecular flexibility index (Phi) is 11.9. The van der Waals surface area contributed by atoms with Gasteiger partial charge in [-0.05, 0) is 18.4 Å². The fourth-order valence-electron chi connectivity index (χ4n) is 1.64. The van der Waals surface area contributed by atoms with Crippen LogP contribution in [0.15, 0.2) is 30.3 Å². The van der Waals surface area contributed by atoms with Crippen LogP contribution in [0.4, 0.5) is 0 Å². The van der Waals surface area contributed by atoms with Crippen LogP contribution in [0.1, 0.15) is 24.8 Å². The van der Waals surface area contributed by atoms with Gasteiger partial charge in [-0.3, -0.25) is 9.59 Å². The van der Waals surface area contributed by atoms with Gasteiger partial charge in [-0.1, -0.05) is 30.3 Å². The summed E-state index contributed by atoms with van der Waals surface area (Å²) in [6.07, 6.45) is -0.440. The number of aliphatic hydroxyl groups excluding tert-OH is 1. The maximum absolute atomic E-state index is 10.3. The molecule has 0 aliphatic carbocycles. The third-order valence-electron chi connectivity index (χ3n) is 2.75. The molecule has 0 saturated carbocycles. The van der Waals surface area contributed by atoms with Crippen LogP contribution in [-0.4, -0.2) is 55.6 Å². The average Bonchev–Trinajstić information content (AvgIpc) is 2.45. The van der Waals surface area contributed by atoms with E-state index in [0.717, 1.165) is 12.8 Å². The highest BCUT2D eigenvalue weighted by Crippen LogP contribution is 2.15. The molecule has 9 nitrogen and oxygen atoms in total. The number of carbonyl (C=O) groups is 3. The van der Waals surface area contributed by atoms with Crippen molar-refractivity contribution in [1.29, 1.82) is 0 Å². The number of aliphatic hydroxyl groups is 2. The molecule has 0 unspecified atom stereocenters. The van der Waals surface area contributed by atoms with Gasteiger partial charge in [-0.15, -0.1) is 0 Å². The van der Waals surface area contributed by atoms with Crippen molar-refractivity contribution in [2.75, 3.05) is 6.61 Å². The molecule has 9 heteroatoms. The third-order valence-corrected chi connectivity index (χ3v) is 2.75. The Labute approximate surface area is 138 Å². The summed E-state index contributed by atoms with van der Waals surface area (Å²) in [7, 11) is 0. The van der Waals surface area contributed by atoms with Crippen molar-refractivity contribution in [2.45, 2.75) is 31.3 Å². The van der Waals surface area contributed by atoms with E-state index in [0.29, 0.717) is 0 Å². The van der Waals surface area contributed by atoms with E-state index in [-0.39, 0.29) is 12.8 Å². The summed E-state index contributed by atoms with van der Waals surface area (Å²) in [6, 6.07) is 10.2. The van der Waals surface area contributed by atoms with E-state index >= 15 is 0 Å². The van der Waals surface area contributed by atoms with Gasteiger partial charge >= 0.3 is 17.9 Å². The topological polar surface area (TPSA) is 187 Å².